The van der Waals surface area contributed by atoms with Crippen LogP contribution in [0.4, 0.5) is 0 Å². The smallest absolute Gasteiger partial charge is 0.156 e. The molecule has 0 aromatic heterocycles. The number of nitrogens with zero attached hydrogens (tertiary/aromatic N) is 1. The summed E-state index contributed by atoms with van der Waals surface area (Å²) in [6, 6.07) is 4.47. The lowest BCUT2D eigenvalue weighted by Gasteiger charge is -2.23. The molecule has 1 aromatic carbocycles. The average molecular weight is 317 g/mol. The topological polar surface area (TPSA) is 24.5 Å². The van der Waals surface area contributed by atoms with Crippen LogP contribution < -0.4 is 10.1 Å². The molecule has 20 heavy (non-hydrogen) atoms. The van der Waals surface area contributed by atoms with Crippen molar-refractivity contribution in [3.63, 3.8) is 0 Å². The third kappa shape index (κ3) is 3.79. The number of rotatable bonds is 6. The van der Waals surface area contributed by atoms with Crippen molar-refractivity contribution < 1.29 is 4.74 Å². The lowest BCUT2D eigenvalue weighted by molar-refractivity contribution is 0.260. The van der Waals surface area contributed by atoms with E-state index in [9.17, 15) is 0 Å². The molecule has 5 heteroatoms. The summed E-state index contributed by atoms with van der Waals surface area (Å²) in [5.74, 6) is 0.546. The van der Waals surface area contributed by atoms with Gasteiger partial charge in [-0.2, -0.15) is 0 Å². The summed E-state index contributed by atoms with van der Waals surface area (Å²) < 4.78 is 5.15. The Bertz CT molecular complexity index is 430. The molecule has 0 spiro atoms. The molecule has 1 aliphatic heterocycles. The standard InChI is InChI=1S/C15H22Cl2N2O/c1-3-19-6-4-5-12(19)10-18-9-11-7-13(16)15(20-2)14(17)8-11/h7-8,12,18H,3-6,9-10H2,1-2H3/t12-/m1/s1. The summed E-state index contributed by atoms with van der Waals surface area (Å²) in [5.41, 5.74) is 1.09. The zero-order valence-corrected chi connectivity index (χ0v) is 13.6. The Balaban J connectivity index is 1.88. The zero-order valence-electron chi connectivity index (χ0n) is 12.1. The number of hydrogen-bond donors (Lipinski definition) is 1. The van der Waals surface area contributed by atoms with Crippen molar-refractivity contribution in [2.45, 2.75) is 32.4 Å². The molecule has 0 saturated carbocycles. The van der Waals surface area contributed by atoms with Crippen molar-refractivity contribution in [2.24, 2.45) is 0 Å². The van der Waals surface area contributed by atoms with Crippen LogP contribution in [0.2, 0.25) is 10.0 Å². The second-order valence-electron chi connectivity index (χ2n) is 5.15. The molecule has 0 radical (unpaired) electrons. The Morgan fingerprint density at radius 1 is 1.35 bits per heavy atom. The molecule has 1 saturated heterocycles. The second-order valence-corrected chi connectivity index (χ2v) is 5.96. The summed E-state index contributed by atoms with van der Waals surface area (Å²) in [5, 5.41) is 4.63. The molecular formula is C15H22Cl2N2O. The summed E-state index contributed by atoms with van der Waals surface area (Å²) in [4.78, 5) is 2.53. The first-order valence-corrected chi connectivity index (χ1v) is 7.88. The van der Waals surface area contributed by atoms with Gasteiger partial charge in [-0.3, -0.25) is 4.90 Å². The van der Waals surface area contributed by atoms with E-state index in [-0.39, 0.29) is 0 Å². The molecule has 0 bridgehead atoms. The Labute approximate surface area is 131 Å². The van der Waals surface area contributed by atoms with Crippen molar-refractivity contribution >= 4 is 23.2 Å². The predicted molar refractivity (Wildman–Crippen MR) is 85.0 cm³/mol. The maximum atomic E-state index is 6.14. The van der Waals surface area contributed by atoms with Gasteiger partial charge in [0.05, 0.1) is 17.2 Å². The third-order valence-corrected chi connectivity index (χ3v) is 4.44. The van der Waals surface area contributed by atoms with Gasteiger partial charge in [0, 0.05) is 19.1 Å². The molecule has 1 aromatic rings. The highest BCUT2D eigenvalue weighted by Gasteiger charge is 2.22. The van der Waals surface area contributed by atoms with Crippen molar-refractivity contribution in [1.82, 2.24) is 10.2 Å². The monoisotopic (exact) mass is 316 g/mol. The fourth-order valence-corrected chi connectivity index (χ4v) is 3.52. The Morgan fingerprint density at radius 3 is 2.65 bits per heavy atom. The number of ether oxygens (including phenoxy) is 1. The number of hydrogen-bond acceptors (Lipinski definition) is 3. The minimum absolute atomic E-state index is 0.546. The van der Waals surface area contributed by atoms with Gasteiger partial charge in [-0.15, -0.1) is 0 Å². The molecule has 1 fully saturated rings. The van der Waals surface area contributed by atoms with Crippen molar-refractivity contribution in [3.05, 3.63) is 27.7 Å². The second kappa shape index (κ2) is 7.51. The minimum Gasteiger partial charge on any atom is -0.494 e. The van der Waals surface area contributed by atoms with Gasteiger partial charge in [0.2, 0.25) is 0 Å². The molecular weight excluding hydrogens is 295 g/mol. The van der Waals surface area contributed by atoms with Crippen LogP contribution in [-0.2, 0) is 6.54 Å². The van der Waals surface area contributed by atoms with E-state index in [1.165, 1.54) is 19.4 Å². The molecule has 0 amide bonds. The predicted octanol–water partition coefficient (Wildman–Crippen LogP) is 3.58. The number of likely N-dealkylation sites (N-methyl/N-ethyl adjacent to an activating group) is 1. The van der Waals surface area contributed by atoms with Crippen LogP contribution in [0.5, 0.6) is 5.75 Å². The molecule has 0 aliphatic carbocycles. The quantitative estimate of drug-likeness (QED) is 0.868. The lowest BCUT2D eigenvalue weighted by Crippen LogP contribution is -2.37. The first-order chi connectivity index (χ1) is 9.65. The van der Waals surface area contributed by atoms with E-state index >= 15 is 0 Å². The molecule has 1 N–H and O–H groups in total. The van der Waals surface area contributed by atoms with Crippen molar-refractivity contribution in [3.8, 4) is 5.75 Å². The fraction of sp³-hybridized carbons (Fsp3) is 0.600. The fourth-order valence-electron chi connectivity index (χ4n) is 2.84. The molecule has 3 nitrogen and oxygen atoms in total. The molecule has 112 valence electrons. The average Bonchev–Trinajstić information content (AvgIpc) is 2.86. The molecule has 1 aliphatic rings. The van der Waals surface area contributed by atoms with Crippen LogP contribution in [0.3, 0.4) is 0 Å². The van der Waals surface area contributed by atoms with Crippen LogP contribution in [0.1, 0.15) is 25.3 Å². The van der Waals surface area contributed by atoms with Gasteiger partial charge in [-0.1, -0.05) is 30.1 Å². The summed E-state index contributed by atoms with van der Waals surface area (Å²) in [6.45, 7) is 6.36. The van der Waals surface area contributed by atoms with E-state index < -0.39 is 0 Å². The Morgan fingerprint density at radius 2 is 2.05 bits per heavy atom. The van der Waals surface area contributed by atoms with Gasteiger partial charge < -0.3 is 10.1 Å². The van der Waals surface area contributed by atoms with Crippen LogP contribution in [-0.4, -0.2) is 37.7 Å². The highest BCUT2D eigenvalue weighted by Crippen LogP contribution is 2.33. The maximum absolute atomic E-state index is 6.14. The van der Waals surface area contributed by atoms with E-state index in [2.05, 4.69) is 17.1 Å². The first-order valence-electron chi connectivity index (χ1n) is 7.12. The van der Waals surface area contributed by atoms with Gasteiger partial charge in [0.15, 0.2) is 5.75 Å². The molecule has 2 rings (SSSR count). The molecule has 0 unspecified atom stereocenters. The third-order valence-electron chi connectivity index (χ3n) is 3.88. The maximum Gasteiger partial charge on any atom is 0.156 e. The SMILES string of the molecule is CCN1CCC[C@@H]1CNCc1cc(Cl)c(OC)c(Cl)c1. The number of halogens is 2. The Hall–Kier alpha value is -0.480. The van der Waals surface area contributed by atoms with Crippen LogP contribution >= 0.6 is 23.2 Å². The van der Waals surface area contributed by atoms with Crippen LogP contribution in [0.25, 0.3) is 0 Å². The van der Waals surface area contributed by atoms with Gasteiger partial charge in [-0.05, 0) is 43.6 Å². The van der Waals surface area contributed by atoms with Gasteiger partial charge in [0.1, 0.15) is 0 Å². The van der Waals surface area contributed by atoms with Crippen molar-refractivity contribution in [2.75, 3.05) is 26.7 Å². The number of likely N-dealkylation sites (tertiary alicyclic amines) is 1. The zero-order chi connectivity index (χ0) is 14.5. The largest absolute Gasteiger partial charge is 0.494 e. The molecule has 1 atom stereocenters. The Kier molecular flexibility index (Phi) is 5.97. The summed E-state index contributed by atoms with van der Waals surface area (Å²) in [6.07, 6.45) is 2.59. The number of benzene rings is 1. The highest BCUT2D eigenvalue weighted by molar-refractivity contribution is 6.37. The molecule has 1 heterocycles. The van der Waals surface area contributed by atoms with Gasteiger partial charge >= 0.3 is 0 Å². The van der Waals surface area contributed by atoms with E-state index in [1.807, 2.05) is 12.1 Å². The minimum atomic E-state index is 0.546. The van der Waals surface area contributed by atoms with Crippen LogP contribution in [0.15, 0.2) is 12.1 Å². The van der Waals surface area contributed by atoms with Crippen molar-refractivity contribution in [1.29, 1.82) is 0 Å². The van der Waals surface area contributed by atoms with E-state index in [0.29, 0.717) is 21.8 Å². The van der Waals surface area contributed by atoms with E-state index in [4.69, 9.17) is 27.9 Å². The van der Waals surface area contributed by atoms with E-state index in [0.717, 1.165) is 25.2 Å². The number of methoxy groups -OCH3 is 1. The normalized spacial score (nSPS) is 19.5. The lowest BCUT2D eigenvalue weighted by atomic mass is 10.2. The van der Waals surface area contributed by atoms with E-state index in [1.54, 1.807) is 7.11 Å². The van der Waals surface area contributed by atoms with Gasteiger partial charge in [0.25, 0.3) is 0 Å². The summed E-state index contributed by atoms with van der Waals surface area (Å²) in [7, 11) is 1.57. The first kappa shape index (κ1) is 15.9. The van der Waals surface area contributed by atoms with Crippen LogP contribution in [0, 0.1) is 0 Å². The summed E-state index contributed by atoms with van der Waals surface area (Å²) >= 11 is 12.3. The highest BCUT2D eigenvalue weighted by atomic mass is 35.5. The number of nitrogens with one attached hydrogen (secondary N) is 1. The van der Waals surface area contributed by atoms with Gasteiger partial charge in [-0.25, -0.2) is 0 Å².